The fourth-order valence-corrected chi connectivity index (χ4v) is 2.75. The summed E-state index contributed by atoms with van der Waals surface area (Å²) >= 11 is 1.44. The molecule has 1 aromatic carbocycles. The second-order valence-electron chi connectivity index (χ2n) is 5.21. The third kappa shape index (κ3) is 3.60. The van der Waals surface area contributed by atoms with Crippen molar-refractivity contribution in [3.05, 3.63) is 34.3 Å². The van der Waals surface area contributed by atoms with Gasteiger partial charge >= 0.3 is 0 Å². The number of nitrogens with zero attached hydrogens (tertiary/aromatic N) is 2. The lowest BCUT2D eigenvalue weighted by atomic mass is 10.1. The zero-order valence-electron chi connectivity index (χ0n) is 12.4. The second kappa shape index (κ2) is 6.70. The van der Waals surface area contributed by atoms with Crippen LogP contribution >= 0.6 is 11.3 Å². The minimum Gasteiger partial charge on any atom is -0.492 e. The Morgan fingerprint density at radius 3 is 2.76 bits per heavy atom. The molecule has 1 heterocycles. The maximum absolute atomic E-state index is 9.27. The summed E-state index contributed by atoms with van der Waals surface area (Å²) in [4.78, 5) is 5.29. The van der Waals surface area contributed by atoms with Gasteiger partial charge in [0.1, 0.15) is 16.8 Å². The van der Waals surface area contributed by atoms with Crippen molar-refractivity contribution < 1.29 is 9.84 Å². The number of aliphatic hydroxyl groups is 1. The van der Waals surface area contributed by atoms with E-state index in [9.17, 15) is 10.4 Å². The molecule has 2 aromatic rings. The van der Waals surface area contributed by atoms with E-state index in [-0.39, 0.29) is 6.61 Å². The zero-order chi connectivity index (χ0) is 15.4. The molecule has 0 aliphatic heterocycles. The van der Waals surface area contributed by atoms with E-state index in [2.05, 4.69) is 24.9 Å². The lowest BCUT2D eigenvalue weighted by Gasteiger charge is -2.10. The summed E-state index contributed by atoms with van der Waals surface area (Å²) in [6, 6.07) is 7.66. The van der Waals surface area contributed by atoms with Crippen LogP contribution in [0.4, 0.5) is 0 Å². The topological polar surface area (TPSA) is 66.1 Å². The second-order valence-corrected chi connectivity index (χ2v) is 6.30. The first-order valence-corrected chi connectivity index (χ1v) is 7.61. The standard InChI is InChI=1S/C16H18N2O2S/c1-10(2)9-20-14-5-4-12(6-13(14)7-17)16-18-11(3)15(8-19)21-16/h4-6,10,19H,8-9H2,1-3H3. The van der Waals surface area contributed by atoms with Gasteiger partial charge in [0.05, 0.1) is 29.3 Å². The predicted molar refractivity (Wildman–Crippen MR) is 83.3 cm³/mol. The summed E-state index contributed by atoms with van der Waals surface area (Å²) in [6.45, 7) is 6.57. The number of thiazole rings is 1. The molecule has 0 amide bonds. The highest BCUT2D eigenvalue weighted by atomic mass is 32.1. The van der Waals surface area contributed by atoms with E-state index in [4.69, 9.17) is 4.74 Å². The number of hydrogen-bond acceptors (Lipinski definition) is 5. The first-order chi connectivity index (χ1) is 10.0. The van der Waals surface area contributed by atoms with E-state index in [1.54, 1.807) is 6.07 Å². The van der Waals surface area contributed by atoms with Crippen molar-refractivity contribution in [2.45, 2.75) is 27.4 Å². The summed E-state index contributed by atoms with van der Waals surface area (Å²) in [5.41, 5.74) is 2.21. The van der Waals surface area contributed by atoms with Crippen LogP contribution in [0.5, 0.6) is 5.75 Å². The van der Waals surface area contributed by atoms with Crippen LogP contribution in [0.15, 0.2) is 18.2 Å². The molecule has 0 saturated carbocycles. The van der Waals surface area contributed by atoms with Gasteiger partial charge in [0.15, 0.2) is 0 Å². The number of benzene rings is 1. The maximum atomic E-state index is 9.27. The van der Waals surface area contributed by atoms with Gasteiger partial charge in [0, 0.05) is 5.56 Å². The molecule has 1 aromatic heterocycles. The van der Waals surface area contributed by atoms with Crippen LogP contribution in [0.25, 0.3) is 10.6 Å². The molecule has 0 aliphatic rings. The van der Waals surface area contributed by atoms with Crippen molar-refractivity contribution in [2.24, 2.45) is 5.92 Å². The van der Waals surface area contributed by atoms with Crippen LogP contribution in [-0.2, 0) is 6.61 Å². The minimum absolute atomic E-state index is 0.00973. The lowest BCUT2D eigenvalue weighted by molar-refractivity contribution is 0.270. The molecule has 0 radical (unpaired) electrons. The summed E-state index contributed by atoms with van der Waals surface area (Å²) in [7, 11) is 0. The maximum Gasteiger partial charge on any atom is 0.137 e. The Hall–Kier alpha value is -1.90. The molecule has 0 fully saturated rings. The average molecular weight is 302 g/mol. The van der Waals surface area contributed by atoms with Gasteiger partial charge in [-0.3, -0.25) is 0 Å². The van der Waals surface area contributed by atoms with Crippen LogP contribution < -0.4 is 4.74 Å². The molecule has 0 spiro atoms. The molecule has 110 valence electrons. The molecular formula is C16H18N2O2S. The third-order valence-electron chi connectivity index (χ3n) is 2.96. The number of nitriles is 1. The molecule has 0 bridgehead atoms. The predicted octanol–water partition coefficient (Wildman–Crippen LogP) is 3.52. The lowest BCUT2D eigenvalue weighted by Crippen LogP contribution is -2.05. The van der Waals surface area contributed by atoms with Gasteiger partial charge < -0.3 is 9.84 Å². The smallest absolute Gasteiger partial charge is 0.137 e. The monoisotopic (exact) mass is 302 g/mol. The Labute approximate surface area is 128 Å². The van der Waals surface area contributed by atoms with Gasteiger partial charge in [-0.2, -0.15) is 5.26 Å². The van der Waals surface area contributed by atoms with E-state index >= 15 is 0 Å². The van der Waals surface area contributed by atoms with Crippen molar-refractivity contribution in [1.29, 1.82) is 5.26 Å². The first-order valence-electron chi connectivity index (χ1n) is 6.79. The molecule has 2 rings (SSSR count). The summed E-state index contributed by atoms with van der Waals surface area (Å²) in [6.07, 6.45) is 0. The number of ether oxygens (including phenoxy) is 1. The molecule has 0 aliphatic carbocycles. The van der Waals surface area contributed by atoms with Crippen molar-refractivity contribution in [2.75, 3.05) is 6.61 Å². The van der Waals surface area contributed by atoms with Crippen molar-refractivity contribution in [3.8, 4) is 22.4 Å². The molecule has 0 saturated heterocycles. The molecule has 0 unspecified atom stereocenters. The fraction of sp³-hybridized carbons (Fsp3) is 0.375. The SMILES string of the molecule is Cc1nc(-c2ccc(OCC(C)C)c(C#N)c2)sc1CO. The Bertz CT molecular complexity index is 671. The van der Waals surface area contributed by atoms with Gasteiger partial charge in [0.25, 0.3) is 0 Å². The average Bonchev–Trinajstić information content (AvgIpc) is 2.86. The quantitative estimate of drug-likeness (QED) is 0.917. The largest absolute Gasteiger partial charge is 0.492 e. The number of aromatic nitrogens is 1. The van der Waals surface area contributed by atoms with E-state index in [1.807, 2.05) is 19.1 Å². The zero-order valence-corrected chi connectivity index (χ0v) is 13.2. The number of hydrogen-bond donors (Lipinski definition) is 1. The Morgan fingerprint density at radius 2 is 2.19 bits per heavy atom. The summed E-state index contributed by atoms with van der Waals surface area (Å²) in [5, 5.41) is 19.3. The van der Waals surface area contributed by atoms with E-state index in [1.165, 1.54) is 11.3 Å². The van der Waals surface area contributed by atoms with Crippen LogP contribution in [0.3, 0.4) is 0 Å². The van der Waals surface area contributed by atoms with Gasteiger partial charge in [-0.15, -0.1) is 11.3 Å². The van der Waals surface area contributed by atoms with E-state index in [0.29, 0.717) is 23.8 Å². The van der Waals surface area contributed by atoms with Crippen molar-refractivity contribution in [1.82, 2.24) is 4.98 Å². The van der Waals surface area contributed by atoms with Crippen LogP contribution in [0.1, 0.15) is 30.0 Å². The molecular weight excluding hydrogens is 284 g/mol. The highest BCUT2D eigenvalue weighted by Gasteiger charge is 2.12. The molecule has 0 atom stereocenters. The molecule has 4 nitrogen and oxygen atoms in total. The highest BCUT2D eigenvalue weighted by Crippen LogP contribution is 2.31. The number of aliphatic hydroxyl groups excluding tert-OH is 1. The van der Waals surface area contributed by atoms with Gasteiger partial charge in [-0.25, -0.2) is 4.98 Å². The van der Waals surface area contributed by atoms with Crippen LogP contribution in [0.2, 0.25) is 0 Å². The van der Waals surface area contributed by atoms with Crippen molar-refractivity contribution >= 4 is 11.3 Å². The fourth-order valence-electron chi connectivity index (χ4n) is 1.83. The molecule has 1 N–H and O–H groups in total. The van der Waals surface area contributed by atoms with Crippen LogP contribution in [-0.4, -0.2) is 16.7 Å². The number of rotatable bonds is 5. The first kappa shape index (κ1) is 15.5. The molecule has 21 heavy (non-hydrogen) atoms. The van der Waals surface area contributed by atoms with Crippen LogP contribution in [0, 0.1) is 24.2 Å². The molecule has 5 heteroatoms. The number of aryl methyl sites for hydroxylation is 1. The van der Waals surface area contributed by atoms with Gasteiger partial charge in [-0.05, 0) is 31.0 Å². The summed E-state index contributed by atoms with van der Waals surface area (Å²) in [5.74, 6) is 1.01. The third-order valence-corrected chi connectivity index (χ3v) is 4.15. The van der Waals surface area contributed by atoms with Gasteiger partial charge in [0.2, 0.25) is 0 Å². The van der Waals surface area contributed by atoms with E-state index < -0.39 is 0 Å². The van der Waals surface area contributed by atoms with Crippen molar-refractivity contribution in [3.63, 3.8) is 0 Å². The van der Waals surface area contributed by atoms with E-state index in [0.717, 1.165) is 21.1 Å². The Morgan fingerprint density at radius 1 is 1.43 bits per heavy atom. The minimum atomic E-state index is -0.00973. The summed E-state index contributed by atoms with van der Waals surface area (Å²) < 4.78 is 5.65. The Kier molecular flexibility index (Phi) is 4.94. The Balaban J connectivity index is 2.32. The normalized spacial score (nSPS) is 10.7. The van der Waals surface area contributed by atoms with Gasteiger partial charge in [-0.1, -0.05) is 13.8 Å². The highest BCUT2D eigenvalue weighted by molar-refractivity contribution is 7.15.